The molecule has 1 saturated heterocycles. The van der Waals surface area contributed by atoms with Crippen molar-refractivity contribution in [2.75, 3.05) is 13.1 Å². The molecule has 5 nitrogen and oxygen atoms in total. The first-order valence-electron chi connectivity index (χ1n) is 4.86. The minimum atomic E-state index is -0.425. The number of rotatable bonds is 1. The maximum atomic E-state index is 11.6. The number of amides is 1. The average molecular weight is 201 g/mol. The van der Waals surface area contributed by atoms with Crippen molar-refractivity contribution in [2.45, 2.75) is 38.8 Å². The number of nitrogens with zero attached hydrogens (tertiary/aromatic N) is 1. The number of nitrogens with one attached hydrogen (secondary N) is 1. The Kier molecular flexibility index (Phi) is 3.34. The van der Waals surface area contributed by atoms with Gasteiger partial charge in [-0.2, -0.15) is 0 Å². The topological polar surface area (TPSA) is 67.6 Å². The first-order chi connectivity index (χ1) is 6.42. The molecule has 1 rings (SSSR count). The van der Waals surface area contributed by atoms with Crippen LogP contribution >= 0.6 is 0 Å². The molecule has 0 radical (unpaired) electrons. The van der Waals surface area contributed by atoms with Crippen molar-refractivity contribution in [2.24, 2.45) is 5.84 Å². The molecule has 1 aliphatic rings. The van der Waals surface area contributed by atoms with Crippen LogP contribution in [-0.2, 0) is 4.74 Å². The monoisotopic (exact) mass is 201 g/mol. The Balaban J connectivity index is 2.40. The van der Waals surface area contributed by atoms with Gasteiger partial charge in [0.15, 0.2) is 0 Å². The lowest BCUT2D eigenvalue weighted by atomic mass is 10.2. The Labute approximate surface area is 84.5 Å². The van der Waals surface area contributed by atoms with Gasteiger partial charge in [-0.05, 0) is 27.2 Å². The fourth-order valence-corrected chi connectivity index (χ4v) is 1.39. The lowest BCUT2D eigenvalue weighted by molar-refractivity contribution is 0.0291. The van der Waals surface area contributed by atoms with Crippen molar-refractivity contribution in [3.63, 3.8) is 0 Å². The quantitative estimate of drug-likeness (QED) is 0.478. The van der Waals surface area contributed by atoms with Gasteiger partial charge in [-0.15, -0.1) is 0 Å². The van der Waals surface area contributed by atoms with Gasteiger partial charge in [0.25, 0.3) is 0 Å². The molecule has 1 fully saturated rings. The molecule has 1 aliphatic heterocycles. The first kappa shape index (κ1) is 11.3. The van der Waals surface area contributed by atoms with Crippen LogP contribution in [0.4, 0.5) is 4.79 Å². The summed E-state index contributed by atoms with van der Waals surface area (Å²) in [6.45, 7) is 6.92. The Morgan fingerprint density at radius 2 is 2.21 bits per heavy atom. The second-order valence-corrected chi connectivity index (χ2v) is 4.58. The molecule has 0 aliphatic carbocycles. The molecule has 1 atom stereocenters. The summed E-state index contributed by atoms with van der Waals surface area (Å²) in [5, 5.41) is 0. The fourth-order valence-electron chi connectivity index (χ4n) is 1.39. The van der Waals surface area contributed by atoms with Gasteiger partial charge in [0.05, 0.1) is 0 Å². The molecular weight excluding hydrogens is 182 g/mol. The summed E-state index contributed by atoms with van der Waals surface area (Å²) in [4.78, 5) is 13.2. The third-order valence-electron chi connectivity index (χ3n) is 2.08. The van der Waals surface area contributed by atoms with E-state index in [4.69, 9.17) is 10.6 Å². The number of carbonyl (C=O) groups excluding carboxylic acids is 1. The third kappa shape index (κ3) is 3.16. The van der Waals surface area contributed by atoms with Crippen molar-refractivity contribution < 1.29 is 9.53 Å². The number of hydrogen-bond acceptors (Lipinski definition) is 4. The minimum Gasteiger partial charge on any atom is -0.444 e. The number of hydrazine groups is 1. The highest BCUT2D eigenvalue weighted by Crippen LogP contribution is 2.14. The summed E-state index contributed by atoms with van der Waals surface area (Å²) in [5.74, 6) is 5.29. The molecule has 14 heavy (non-hydrogen) atoms. The van der Waals surface area contributed by atoms with E-state index in [1.807, 2.05) is 20.8 Å². The Hall–Kier alpha value is -0.810. The van der Waals surface area contributed by atoms with Gasteiger partial charge >= 0.3 is 6.09 Å². The summed E-state index contributed by atoms with van der Waals surface area (Å²) in [7, 11) is 0. The van der Waals surface area contributed by atoms with Crippen molar-refractivity contribution in [1.29, 1.82) is 0 Å². The summed E-state index contributed by atoms with van der Waals surface area (Å²) in [6, 6.07) is 0.197. The van der Waals surface area contributed by atoms with E-state index in [0.29, 0.717) is 13.1 Å². The van der Waals surface area contributed by atoms with Gasteiger partial charge in [0.2, 0.25) is 0 Å². The summed E-state index contributed by atoms with van der Waals surface area (Å²) in [5.41, 5.74) is 2.24. The molecule has 0 aromatic rings. The number of ether oxygens (including phenoxy) is 1. The number of hydrogen-bond donors (Lipinski definition) is 2. The van der Waals surface area contributed by atoms with Gasteiger partial charge in [-0.3, -0.25) is 11.3 Å². The van der Waals surface area contributed by atoms with E-state index < -0.39 is 5.60 Å². The molecule has 3 N–H and O–H groups in total. The van der Waals surface area contributed by atoms with Crippen molar-refractivity contribution in [3.8, 4) is 0 Å². The lowest BCUT2D eigenvalue weighted by Crippen LogP contribution is -2.40. The summed E-state index contributed by atoms with van der Waals surface area (Å²) >= 11 is 0. The zero-order valence-electron chi connectivity index (χ0n) is 9.04. The molecule has 0 spiro atoms. The van der Waals surface area contributed by atoms with Gasteiger partial charge in [0.1, 0.15) is 5.60 Å². The molecule has 0 aromatic heterocycles. The zero-order valence-corrected chi connectivity index (χ0v) is 9.04. The van der Waals surface area contributed by atoms with Gasteiger partial charge in [-0.25, -0.2) is 4.79 Å². The van der Waals surface area contributed by atoms with Crippen LogP contribution in [0.3, 0.4) is 0 Å². The third-order valence-corrected chi connectivity index (χ3v) is 2.08. The van der Waals surface area contributed by atoms with E-state index in [0.717, 1.165) is 6.42 Å². The molecule has 1 heterocycles. The molecule has 0 bridgehead atoms. The summed E-state index contributed by atoms with van der Waals surface area (Å²) < 4.78 is 5.23. The van der Waals surface area contributed by atoms with Crippen molar-refractivity contribution in [1.82, 2.24) is 10.3 Å². The second-order valence-electron chi connectivity index (χ2n) is 4.58. The van der Waals surface area contributed by atoms with Crippen LogP contribution in [0.25, 0.3) is 0 Å². The van der Waals surface area contributed by atoms with Crippen LogP contribution in [-0.4, -0.2) is 35.7 Å². The van der Waals surface area contributed by atoms with Crippen LogP contribution in [0.5, 0.6) is 0 Å². The maximum Gasteiger partial charge on any atom is 0.410 e. The second kappa shape index (κ2) is 4.14. The van der Waals surface area contributed by atoms with E-state index in [9.17, 15) is 4.79 Å². The molecule has 0 aromatic carbocycles. The fraction of sp³-hybridized carbons (Fsp3) is 0.889. The van der Waals surface area contributed by atoms with E-state index in [1.54, 1.807) is 4.90 Å². The standard InChI is InChI=1S/C9H19N3O2/c1-9(2,3)14-8(13)12-5-4-7(6-12)11-10/h7,11H,4-6,10H2,1-3H3. The summed E-state index contributed by atoms with van der Waals surface area (Å²) in [6.07, 6.45) is 0.630. The molecule has 5 heteroatoms. The molecular formula is C9H19N3O2. The molecule has 0 saturated carbocycles. The van der Waals surface area contributed by atoms with Crippen molar-refractivity contribution >= 4 is 6.09 Å². The Bertz CT molecular complexity index is 213. The first-order valence-corrected chi connectivity index (χ1v) is 4.86. The largest absolute Gasteiger partial charge is 0.444 e. The highest BCUT2D eigenvalue weighted by Gasteiger charge is 2.28. The number of carbonyl (C=O) groups is 1. The predicted molar refractivity (Wildman–Crippen MR) is 53.5 cm³/mol. The molecule has 1 unspecified atom stereocenters. The number of nitrogens with two attached hydrogens (primary N) is 1. The Morgan fingerprint density at radius 3 is 2.64 bits per heavy atom. The van der Waals surface area contributed by atoms with E-state index in [2.05, 4.69) is 5.43 Å². The number of likely N-dealkylation sites (tertiary alicyclic amines) is 1. The maximum absolute atomic E-state index is 11.6. The van der Waals surface area contributed by atoms with Crippen LogP contribution in [0, 0.1) is 0 Å². The van der Waals surface area contributed by atoms with Gasteiger partial charge in [0, 0.05) is 19.1 Å². The Morgan fingerprint density at radius 1 is 1.57 bits per heavy atom. The smallest absolute Gasteiger partial charge is 0.410 e. The average Bonchev–Trinajstić information content (AvgIpc) is 2.48. The minimum absolute atomic E-state index is 0.197. The molecule has 1 amide bonds. The van der Waals surface area contributed by atoms with E-state index >= 15 is 0 Å². The zero-order chi connectivity index (χ0) is 10.8. The van der Waals surface area contributed by atoms with Gasteiger partial charge in [-0.1, -0.05) is 0 Å². The SMILES string of the molecule is CC(C)(C)OC(=O)N1CCC(NN)C1. The highest BCUT2D eigenvalue weighted by atomic mass is 16.6. The predicted octanol–water partition coefficient (Wildman–Crippen LogP) is 0.459. The molecule has 82 valence electrons. The van der Waals surface area contributed by atoms with Crippen molar-refractivity contribution in [3.05, 3.63) is 0 Å². The van der Waals surface area contributed by atoms with Crippen LogP contribution in [0.15, 0.2) is 0 Å². The van der Waals surface area contributed by atoms with Crippen LogP contribution in [0.1, 0.15) is 27.2 Å². The highest BCUT2D eigenvalue weighted by molar-refractivity contribution is 5.68. The van der Waals surface area contributed by atoms with Crippen LogP contribution in [0.2, 0.25) is 0 Å². The lowest BCUT2D eigenvalue weighted by Gasteiger charge is -2.24. The van der Waals surface area contributed by atoms with E-state index in [1.165, 1.54) is 0 Å². The van der Waals surface area contributed by atoms with E-state index in [-0.39, 0.29) is 12.1 Å². The van der Waals surface area contributed by atoms with Crippen LogP contribution < -0.4 is 11.3 Å². The normalized spacial score (nSPS) is 22.6. The van der Waals surface area contributed by atoms with Gasteiger partial charge < -0.3 is 9.64 Å².